The number of hydrogen-bond donors (Lipinski definition) is 2. The number of allylic oxidation sites excluding steroid dienone is 1. The van der Waals surface area contributed by atoms with Crippen LogP contribution in [0.1, 0.15) is 6.92 Å². The Bertz CT molecular complexity index is 176. The van der Waals surface area contributed by atoms with Gasteiger partial charge in [0.25, 0.3) is 0 Å². The summed E-state index contributed by atoms with van der Waals surface area (Å²) in [5.41, 5.74) is -0.923. The molecule has 0 saturated carbocycles. The summed E-state index contributed by atoms with van der Waals surface area (Å²) in [6.45, 7) is 0.728. The smallest absolute Gasteiger partial charge is 0.384 e. The van der Waals surface area contributed by atoms with Gasteiger partial charge in [0.1, 0.15) is 12.4 Å². The lowest BCUT2D eigenvalue weighted by molar-refractivity contribution is -0.0964. The first-order chi connectivity index (χ1) is 5.91. The summed E-state index contributed by atoms with van der Waals surface area (Å²) in [5, 5.41) is 4.24. The Balaban J connectivity index is 4.24. The zero-order valence-electron chi connectivity index (χ0n) is 7.37. The van der Waals surface area contributed by atoms with Gasteiger partial charge in [-0.05, 0) is 6.92 Å². The van der Waals surface area contributed by atoms with Gasteiger partial charge in [-0.2, -0.15) is 13.2 Å². The number of nitrogens with one attached hydrogen (secondary N) is 2. The van der Waals surface area contributed by atoms with Crippen molar-refractivity contribution in [3.8, 4) is 0 Å². The van der Waals surface area contributed by atoms with Gasteiger partial charge in [0.15, 0.2) is 0 Å². The molecule has 0 aliphatic rings. The van der Waals surface area contributed by atoms with E-state index in [9.17, 15) is 17.6 Å². The first-order valence-electron chi connectivity index (χ1n) is 3.69. The van der Waals surface area contributed by atoms with E-state index in [-0.39, 0.29) is 0 Å². The van der Waals surface area contributed by atoms with E-state index in [0.717, 1.165) is 13.2 Å². The van der Waals surface area contributed by atoms with Crippen LogP contribution in [0.2, 0.25) is 0 Å². The lowest BCUT2D eigenvalue weighted by Gasteiger charge is -2.13. The fourth-order valence-corrected chi connectivity index (χ4v) is 0.566. The minimum atomic E-state index is -4.43. The van der Waals surface area contributed by atoms with E-state index < -0.39 is 24.6 Å². The monoisotopic (exact) mass is 200 g/mol. The van der Waals surface area contributed by atoms with Crippen molar-refractivity contribution in [2.75, 3.05) is 13.7 Å². The van der Waals surface area contributed by atoms with Crippen LogP contribution in [0.3, 0.4) is 0 Å². The molecule has 0 aromatic carbocycles. The Labute approximate surface area is 74.0 Å². The van der Waals surface area contributed by atoms with Crippen LogP contribution in [0.15, 0.2) is 11.9 Å². The molecule has 13 heavy (non-hydrogen) atoms. The standard InChI is InChI=1S/C7H12F4N2/c1-5(3-8)13-4-6(12-2)7(9,10)11/h4-5,12-13H,3H2,1-2H3/b6-4-. The number of halogens is 4. The molecular weight excluding hydrogens is 188 g/mol. The summed E-state index contributed by atoms with van der Waals surface area (Å²) in [7, 11) is 1.15. The summed E-state index contributed by atoms with van der Waals surface area (Å²) in [6, 6.07) is -0.620. The van der Waals surface area contributed by atoms with E-state index in [2.05, 4.69) is 5.32 Å². The zero-order chi connectivity index (χ0) is 10.5. The third-order valence-corrected chi connectivity index (χ3v) is 1.32. The van der Waals surface area contributed by atoms with Crippen molar-refractivity contribution in [2.45, 2.75) is 19.1 Å². The van der Waals surface area contributed by atoms with Gasteiger partial charge in [-0.3, -0.25) is 0 Å². The average Bonchev–Trinajstić information content (AvgIpc) is 2.02. The predicted molar refractivity (Wildman–Crippen MR) is 41.8 cm³/mol. The zero-order valence-corrected chi connectivity index (χ0v) is 7.37. The molecule has 1 unspecified atom stereocenters. The van der Waals surface area contributed by atoms with Crippen LogP contribution in [0.5, 0.6) is 0 Å². The SMILES string of the molecule is CN/C(=C\NC(C)CF)C(F)(F)F. The molecule has 0 radical (unpaired) electrons. The fourth-order valence-electron chi connectivity index (χ4n) is 0.566. The highest BCUT2D eigenvalue weighted by atomic mass is 19.4. The van der Waals surface area contributed by atoms with Crippen LogP contribution < -0.4 is 10.6 Å². The molecular formula is C7H12F4N2. The predicted octanol–water partition coefficient (Wildman–Crippen LogP) is 1.56. The van der Waals surface area contributed by atoms with Gasteiger partial charge >= 0.3 is 6.18 Å². The van der Waals surface area contributed by atoms with Crippen molar-refractivity contribution in [3.63, 3.8) is 0 Å². The molecule has 0 amide bonds. The topological polar surface area (TPSA) is 24.1 Å². The maximum atomic E-state index is 12.0. The van der Waals surface area contributed by atoms with E-state index in [1.807, 2.05) is 5.32 Å². The lowest BCUT2D eigenvalue weighted by atomic mass is 10.3. The highest BCUT2D eigenvalue weighted by Crippen LogP contribution is 2.22. The van der Waals surface area contributed by atoms with Crippen molar-refractivity contribution in [1.82, 2.24) is 10.6 Å². The Morgan fingerprint density at radius 1 is 1.46 bits per heavy atom. The molecule has 0 saturated heterocycles. The molecule has 0 fully saturated rings. The molecule has 0 aliphatic heterocycles. The van der Waals surface area contributed by atoms with Crippen molar-refractivity contribution < 1.29 is 17.6 Å². The van der Waals surface area contributed by atoms with E-state index in [1.54, 1.807) is 0 Å². The number of hydrogen-bond acceptors (Lipinski definition) is 2. The second-order valence-electron chi connectivity index (χ2n) is 2.53. The van der Waals surface area contributed by atoms with Crippen molar-refractivity contribution in [3.05, 3.63) is 11.9 Å². The third-order valence-electron chi connectivity index (χ3n) is 1.32. The van der Waals surface area contributed by atoms with E-state index >= 15 is 0 Å². The molecule has 0 heterocycles. The Morgan fingerprint density at radius 2 is 2.00 bits per heavy atom. The highest BCUT2D eigenvalue weighted by Gasteiger charge is 2.32. The quantitative estimate of drug-likeness (QED) is 0.673. The van der Waals surface area contributed by atoms with Gasteiger partial charge < -0.3 is 10.6 Å². The first-order valence-corrected chi connectivity index (χ1v) is 3.69. The summed E-state index contributed by atoms with van der Waals surface area (Å²) >= 11 is 0. The first kappa shape index (κ1) is 12.1. The molecule has 78 valence electrons. The van der Waals surface area contributed by atoms with Crippen molar-refractivity contribution in [1.29, 1.82) is 0 Å². The molecule has 0 spiro atoms. The minimum absolute atomic E-state index is 0.620. The average molecular weight is 200 g/mol. The third kappa shape index (κ3) is 4.59. The van der Waals surface area contributed by atoms with Crippen molar-refractivity contribution in [2.24, 2.45) is 0 Å². The van der Waals surface area contributed by atoms with Gasteiger partial charge in [0.05, 0.1) is 6.04 Å². The maximum Gasteiger partial charge on any atom is 0.432 e. The van der Waals surface area contributed by atoms with Gasteiger partial charge in [-0.15, -0.1) is 0 Å². The van der Waals surface area contributed by atoms with Gasteiger partial charge in [-0.25, -0.2) is 4.39 Å². The Morgan fingerprint density at radius 3 is 2.31 bits per heavy atom. The van der Waals surface area contributed by atoms with Crippen LogP contribution in [0, 0.1) is 0 Å². The molecule has 6 heteroatoms. The summed E-state index contributed by atoms with van der Waals surface area (Å²) in [5.74, 6) is 0. The molecule has 0 aromatic rings. The molecule has 2 N–H and O–H groups in total. The second-order valence-corrected chi connectivity index (χ2v) is 2.53. The normalized spacial score (nSPS) is 15.4. The van der Waals surface area contributed by atoms with E-state index in [0.29, 0.717) is 0 Å². The van der Waals surface area contributed by atoms with E-state index in [1.165, 1.54) is 6.92 Å². The second kappa shape index (κ2) is 4.94. The van der Waals surface area contributed by atoms with Crippen molar-refractivity contribution >= 4 is 0 Å². The summed E-state index contributed by atoms with van der Waals surface area (Å²) in [6.07, 6.45) is -3.71. The Hall–Kier alpha value is -0.940. The molecule has 0 bridgehead atoms. The molecule has 0 aliphatic carbocycles. The molecule has 1 atom stereocenters. The number of rotatable bonds is 4. The largest absolute Gasteiger partial charge is 0.432 e. The Kier molecular flexibility index (Phi) is 4.58. The van der Waals surface area contributed by atoms with Crippen LogP contribution >= 0.6 is 0 Å². The van der Waals surface area contributed by atoms with Crippen LogP contribution in [0.4, 0.5) is 17.6 Å². The molecule has 0 rings (SSSR count). The molecule has 0 aromatic heterocycles. The van der Waals surface area contributed by atoms with E-state index in [4.69, 9.17) is 0 Å². The highest BCUT2D eigenvalue weighted by molar-refractivity contribution is 5.04. The summed E-state index contributed by atoms with van der Waals surface area (Å²) in [4.78, 5) is 0. The fraction of sp³-hybridized carbons (Fsp3) is 0.714. The van der Waals surface area contributed by atoms with Gasteiger partial charge in [-0.1, -0.05) is 0 Å². The minimum Gasteiger partial charge on any atom is -0.384 e. The number of alkyl halides is 4. The maximum absolute atomic E-state index is 12.0. The van der Waals surface area contributed by atoms with Crippen LogP contribution in [-0.2, 0) is 0 Å². The van der Waals surface area contributed by atoms with Gasteiger partial charge in [0, 0.05) is 13.2 Å². The lowest BCUT2D eigenvalue weighted by Crippen LogP contribution is -2.29. The molecule has 2 nitrogen and oxygen atoms in total. The van der Waals surface area contributed by atoms with Gasteiger partial charge in [0.2, 0.25) is 0 Å². The summed E-state index contributed by atoms with van der Waals surface area (Å²) < 4.78 is 47.9. The van der Waals surface area contributed by atoms with Crippen LogP contribution in [-0.4, -0.2) is 25.9 Å². The van der Waals surface area contributed by atoms with Crippen LogP contribution in [0.25, 0.3) is 0 Å².